The van der Waals surface area contributed by atoms with Crippen LogP contribution in [0.25, 0.3) is 0 Å². The van der Waals surface area contributed by atoms with E-state index in [2.05, 4.69) is 0 Å². The van der Waals surface area contributed by atoms with E-state index < -0.39 is 5.82 Å². The first kappa shape index (κ1) is 12.6. The number of ether oxygens (including phenoxy) is 3. The lowest BCUT2D eigenvalue weighted by atomic mass is 10.1. The van der Waals surface area contributed by atoms with Gasteiger partial charge < -0.3 is 19.9 Å². The van der Waals surface area contributed by atoms with E-state index >= 15 is 0 Å². The van der Waals surface area contributed by atoms with Crippen LogP contribution in [0.4, 0.5) is 4.39 Å². The van der Waals surface area contributed by atoms with Crippen molar-refractivity contribution >= 4 is 0 Å². The average molecular weight is 229 g/mol. The van der Waals surface area contributed by atoms with Crippen LogP contribution in [0.15, 0.2) is 6.07 Å². The minimum Gasteiger partial charge on any atom is -0.493 e. The third kappa shape index (κ3) is 2.19. The molecule has 0 bridgehead atoms. The molecule has 0 fully saturated rings. The summed E-state index contributed by atoms with van der Waals surface area (Å²) in [5, 5.41) is 0. The number of halogens is 1. The Bertz CT molecular complexity index is 369. The van der Waals surface area contributed by atoms with Gasteiger partial charge in [0.2, 0.25) is 11.6 Å². The molecule has 0 heterocycles. The molecule has 0 aliphatic carbocycles. The first-order valence-electron chi connectivity index (χ1n) is 4.87. The van der Waals surface area contributed by atoms with Crippen LogP contribution in [0.1, 0.15) is 5.56 Å². The molecule has 1 aromatic rings. The summed E-state index contributed by atoms with van der Waals surface area (Å²) in [5.41, 5.74) is 6.11. The van der Waals surface area contributed by atoms with Gasteiger partial charge in [0.15, 0.2) is 11.5 Å². The zero-order valence-corrected chi connectivity index (χ0v) is 9.67. The van der Waals surface area contributed by atoms with Crippen molar-refractivity contribution in [2.45, 2.75) is 6.42 Å². The Morgan fingerprint density at radius 2 is 1.75 bits per heavy atom. The van der Waals surface area contributed by atoms with Crippen molar-refractivity contribution in [3.8, 4) is 17.2 Å². The van der Waals surface area contributed by atoms with Crippen molar-refractivity contribution in [3.63, 3.8) is 0 Å². The van der Waals surface area contributed by atoms with Crippen LogP contribution < -0.4 is 19.9 Å². The van der Waals surface area contributed by atoms with Gasteiger partial charge in [-0.05, 0) is 19.0 Å². The lowest BCUT2D eigenvalue weighted by Gasteiger charge is -2.15. The topological polar surface area (TPSA) is 53.7 Å². The highest BCUT2D eigenvalue weighted by molar-refractivity contribution is 5.52. The third-order valence-corrected chi connectivity index (χ3v) is 2.26. The van der Waals surface area contributed by atoms with Crippen molar-refractivity contribution in [2.24, 2.45) is 5.73 Å². The summed E-state index contributed by atoms with van der Waals surface area (Å²) < 4.78 is 28.9. The maximum Gasteiger partial charge on any atom is 0.210 e. The summed E-state index contributed by atoms with van der Waals surface area (Å²) in [6.07, 6.45) is 0.514. The second-order valence-electron chi connectivity index (χ2n) is 3.16. The van der Waals surface area contributed by atoms with Crippen LogP contribution in [-0.2, 0) is 6.42 Å². The fourth-order valence-corrected chi connectivity index (χ4v) is 1.55. The second-order valence-corrected chi connectivity index (χ2v) is 3.16. The normalized spacial score (nSPS) is 10.1. The van der Waals surface area contributed by atoms with Gasteiger partial charge in [0.1, 0.15) is 0 Å². The number of hydrogen-bond donors (Lipinski definition) is 1. The van der Waals surface area contributed by atoms with Gasteiger partial charge in [0.25, 0.3) is 0 Å². The fraction of sp³-hybridized carbons (Fsp3) is 0.455. The van der Waals surface area contributed by atoms with E-state index in [1.54, 1.807) is 6.07 Å². The summed E-state index contributed by atoms with van der Waals surface area (Å²) in [5.74, 6) is -0.0275. The summed E-state index contributed by atoms with van der Waals surface area (Å²) in [7, 11) is 4.24. The maximum absolute atomic E-state index is 13.9. The third-order valence-electron chi connectivity index (χ3n) is 2.26. The van der Waals surface area contributed by atoms with Crippen molar-refractivity contribution in [3.05, 3.63) is 17.4 Å². The van der Waals surface area contributed by atoms with Crippen LogP contribution in [0.3, 0.4) is 0 Å². The number of benzene rings is 1. The number of nitrogens with two attached hydrogens (primary N) is 1. The van der Waals surface area contributed by atoms with E-state index in [1.165, 1.54) is 21.3 Å². The molecule has 16 heavy (non-hydrogen) atoms. The molecule has 0 spiro atoms. The van der Waals surface area contributed by atoms with Crippen LogP contribution in [-0.4, -0.2) is 27.9 Å². The zero-order valence-electron chi connectivity index (χ0n) is 9.67. The van der Waals surface area contributed by atoms with Crippen LogP contribution in [0, 0.1) is 5.82 Å². The van der Waals surface area contributed by atoms with Gasteiger partial charge in [-0.1, -0.05) is 0 Å². The second kappa shape index (κ2) is 5.55. The van der Waals surface area contributed by atoms with Crippen LogP contribution in [0.2, 0.25) is 0 Å². The Morgan fingerprint density at radius 1 is 1.12 bits per heavy atom. The van der Waals surface area contributed by atoms with Gasteiger partial charge in [-0.25, -0.2) is 0 Å². The molecule has 0 aliphatic heterocycles. The first-order chi connectivity index (χ1) is 7.69. The Labute approximate surface area is 94.1 Å². The predicted molar refractivity (Wildman–Crippen MR) is 58.8 cm³/mol. The van der Waals surface area contributed by atoms with E-state index in [1.807, 2.05) is 0 Å². The maximum atomic E-state index is 13.9. The minimum absolute atomic E-state index is 0.0418. The zero-order chi connectivity index (χ0) is 12.1. The van der Waals surface area contributed by atoms with Crippen molar-refractivity contribution < 1.29 is 18.6 Å². The molecule has 4 nitrogen and oxygen atoms in total. The van der Waals surface area contributed by atoms with Crippen molar-refractivity contribution in [2.75, 3.05) is 27.9 Å². The lowest BCUT2D eigenvalue weighted by Crippen LogP contribution is -2.07. The van der Waals surface area contributed by atoms with E-state index in [0.29, 0.717) is 24.3 Å². The van der Waals surface area contributed by atoms with E-state index in [0.717, 1.165) is 0 Å². The van der Waals surface area contributed by atoms with Crippen LogP contribution >= 0.6 is 0 Å². The summed E-state index contributed by atoms with van der Waals surface area (Å²) in [6.45, 7) is 0.408. The fourth-order valence-electron chi connectivity index (χ4n) is 1.55. The molecule has 2 N–H and O–H groups in total. The molecule has 0 aromatic heterocycles. The predicted octanol–water partition coefficient (Wildman–Crippen LogP) is 1.35. The highest BCUT2D eigenvalue weighted by atomic mass is 19.1. The monoisotopic (exact) mass is 229 g/mol. The molecule has 0 radical (unpaired) electrons. The number of rotatable bonds is 5. The average Bonchev–Trinajstić information content (AvgIpc) is 2.29. The van der Waals surface area contributed by atoms with Crippen LogP contribution in [0.5, 0.6) is 17.2 Å². The highest BCUT2D eigenvalue weighted by Crippen LogP contribution is 2.38. The van der Waals surface area contributed by atoms with Gasteiger partial charge in [-0.2, -0.15) is 4.39 Å². The first-order valence-corrected chi connectivity index (χ1v) is 4.87. The highest BCUT2D eigenvalue weighted by Gasteiger charge is 2.19. The summed E-state index contributed by atoms with van der Waals surface area (Å²) in [6, 6.07) is 1.67. The van der Waals surface area contributed by atoms with Gasteiger partial charge in [-0.3, -0.25) is 0 Å². The van der Waals surface area contributed by atoms with Gasteiger partial charge in [0.05, 0.1) is 21.3 Å². The molecular formula is C11H16FNO3. The molecule has 0 saturated heterocycles. The molecule has 0 atom stereocenters. The molecule has 1 aromatic carbocycles. The molecule has 5 heteroatoms. The van der Waals surface area contributed by atoms with E-state index in [4.69, 9.17) is 19.9 Å². The molecule has 0 saturated carbocycles. The molecular weight excluding hydrogens is 213 g/mol. The molecule has 1 rings (SSSR count). The minimum atomic E-state index is -0.562. The molecule has 90 valence electrons. The van der Waals surface area contributed by atoms with Gasteiger partial charge >= 0.3 is 0 Å². The standard InChI is InChI=1S/C11H16FNO3/c1-14-8-6-7(4-5-13)10(15-2)9(12)11(8)16-3/h6H,4-5,13H2,1-3H3. The molecule has 0 aliphatic rings. The Kier molecular flexibility index (Phi) is 4.37. The summed E-state index contributed by atoms with van der Waals surface area (Å²) in [4.78, 5) is 0. The lowest BCUT2D eigenvalue weighted by molar-refractivity contribution is 0.318. The summed E-state index contributed by atoms with van der Waals surface area (Å²) >= 11 is 0. The van der Waals surface area contributed by atoms with Gasteiger partial charge in [0, 0.05) is 5.56 Å². The smallest absolute Gasteiger partial charge is 0.210 e. The quantitative estimate of drug-likeness (QED) is 0.828. The SMILES string of the molecule is COc1cc(CCN)c(OC)c(F)c1OC. The van der Waals surface area contributed by atoms with E-state index in [-0.39, 0.29) is 11.5 Å². The Balaban J connectivity index is 3.35. The molecule has 0 amide bonds. The van der Waals surface area contributed by atoms with Crippen molar-refractivity contribution in [1.82, 2.24) is 0 Å². The Morgan fingerprint density at radius 3 is 2.19 bits per heavy atom. The van der Waals surface area contributed by atoms with E-state index in [9.17, 15) is 4.39 Å². The Hall–Kier alpha value is -1.49. The van der Waals surface area contributed by atoms with Gasteiger partial charge in [-0.15, -0.1) is 0 Å². The molecule has 0 unspecified atom stereocenters. The largest absolute Gasteiger partial charge is 0.493 e. The van der Waals surface area contributed by atoms with Crippen molar-refractivity contribution in [1.29, 1.82) is 0 Å². The number of methoxy groups -OCH3 is 3. The number of hydrogen-bond acceptors (Lipinski definition) is 4.